The molecule has 3 N–H and O–H groups in total. The predicted molar refractivity (Wildman–Crippen MR) is 106 cm³/mol. The van der Waals surface area contributed by atoms with Crippen molar-refractivity contribution in [3.05, 3.63) is 45.1 Å². The number of nitrogens with one attached hydrogen (secondary N) is 2. The van der Waals surface area contributed by atoms with Crippen molar-refractivity contribution in [1.29, 1.82) is 0 Å². The van der Waals surface area contributed by atoms with Crippen LogP contribution in [0.4, 0.5) is 0 Å². The van der Waals surface area contributed by atoms with Gasteiger partial charge in [0.05, 0.1) is 10.9 Å². The minimum absolute atomic E-state index is 0.00176. The number of hydrogen-bond acceptors (Lipinski definition) is 4. The van der Waals surface area contributed by atoms with Crippen molar-refractivity contribution in [2.75, 3.05) is 0 Å². The Bertz CT molecular complexity index is 974. The molecule has 0 aliphatic heterocycles. The van der Waals surface area contributed by atoms with Crippen LogP contribution < -0.4 is 16.6 Å². The van der Waals surface area contributed by atoms with Gasteiger partial charge < -0.3 is 15.4 Å². The Balaban J connectivity index is 2.51. The molecule has 2 unspecified atom stereocenters. The molecular formula is C20H27N3O5. The van der Waals surface area contributed by atoms with E-state index in [1.54, 1.807) is 24.3 Å². The van der Waals surface area contributed by atoms with Crippen molar-refractivity contribution in [1.82, 2.24) is 14.9 Å². The molecule has 1 aromatic heterocycles. The average Bonchev–Trinajstić information content (AvgIpc) is 2.59. The van der Waals surface area contributed by atoms with Gasteiger partial charge in [-0.25, -0.2) is 14.2 Å². The number of rotatable bonds is 8. The SMILES string of the molecule is CC(C)CC(NC(=O)C(CC(C)C)n1c(=O)[nH]c2ccccc2c1=O)C(=O)O. The minimum atomic E-state index is -1.15. The molecule has 2 atom stereocenters. The number of benzene rings is 1. The second kappa shape index (κ2) is 8.86. The number of carbonyl (C=O) groups excluding carboxylic acids is 1. The maximum atomic E-state index is 12.9. The van der Waals surface area contributed by atoms with Gasteiger partial charge in [0, 0.05) is 0 Å². The third-order valence-corrected chi connectivity index (χ3v) is 4.47. The normalized spacial score (nSPS) is 13.6. The minimum Gasteiger partial charge on any atom is -0.480 e. The summed E-state index contributed by atoms with van der Waals surface area (Å²) in [5, 5.41) is 12.2. The molecule has 0 aliphatic carbocycles. The fraction of sp³-hybridized carbons (Fsp3) is 0.500. The molecule has 1 aromatic carbocycles. The van der Waals surface area contributed by atoms with Crippen LogP contribution in [0, 0.1) is 11.8 Å². The molecule has 0 aliphatic rings. The standard InChI is InChI=1S/C20H27N3O5/c1-11(2)9-15(19(26)27)21-17(24)16(10-12(3)4)23-18(25)13-7-5-6-8-14(13)22-20(23)28/h5-8,11-12,15-16H,9-10H2,1-4H3,(H,21,24)(H,22,28)(H,26,27). The van der Waals surface area contributed by atoms with Crippen LogP contribution in [0.25, 0.3) is 10.9 Å². The molecule has 2 rings (SSSR count). The number of nitrogens with zero attached hydrogens (tertiary/aromatic N) is 1. The monoisotopic (exact) mass is 389 g/mol. The summed E-state index contributed by atoms with van der Waals surface area (Å²) in [5.74, 6) is -1.74. The molecule has 2 aromatic rings. The Kier molecular flexibility index (Phi) is 6.77. The number of H-pyrrole nitrogens is 1. The highest BCUT2D eigenvalue weighted by atomic mass is 16.4. The fourth-order valence-electron chi connectivity index (χ4n) is 3.20. The summed E-state index contributed by atoms with van der Waals surface area (Å²) in [6.45, 7) is 7.44. The highest BCUT2D eigenvalue weighted by molar-refractivity contribution is 5.86. The summed E-state index contributed by atoms with van der Waals surface area (Å²) in [7, 11) is 0. The Labute approximate surface area is 162 Å². The maximum absolute atomic E-state index is 12.9. The van der Waals surface area contributed by atoms with Crippen LogP contribution in [0.1, 0.15) is 46.6 Å². The van der Waals surface area contributed by atoms with E-state index in [1.807, 2.05) is 27.7 Å². The van der Waals surface area contributed by atoms with E-state index in [-0.39, 0.29) is 24.7 Å². The van der Waals surface area contributed by atoms with Gasteiger partial charge in [-0.15, -0.1) is 0 Å². The van der Waals surface area contributed by atoms with E-state index in [0.717, 1.165) is 4.57 Å². The molecule has 8 nitrogen and oxygen atoms in total. The lowest BCUT2D eigenvalue weighted by Gasteiger charge is -2.23. The highest BCUT2D eigenvalue weighted by Gasteiger charge is 2.30. The lowest BCUT2D eigenvalue weighted by atomic mass is 10.0. The van der Waals surface area contributed by atoms with Gasteiger partial charge >= 0.3 is 11.7 Å². The zero-order valence-electron chi connectivity index (χ0n) is 16.6. The molecular weight excluding hydrogens is 362 g/mol. The van der Waals surface area contributed by atoms with E-state index in [0.29, 0.717) is 10.9 Å². The van der Waals surface area contributed by atoms with Crippen molar-refractivity contribution in [3.63, 3.8) is 0 Å². The van der Waals surface area contributed by atoms with Gasteiger partial charge in [-0.05, 0) is 36.8 Å². The number of aromatic amines is 1. The second-order valence-electron chi connectivity index (χ2n) is 7.83. The predicted octanol–water partition coefficient (Wildman–Crippen LogP) is 1.89. The van der Waals surface area contributed by atoms with E-state index >= 15 is 0 Å². The molecule has 8 heteroatoms. The van der Waals surface area contributed by atoms with Crippen LogP contribution in [-0.2, 0) is 9.59 Å². The van der Waals surface area contributed by atoms with Crippen molar-refractivity contribution < 1.29 is 14.7 Å². The Morgan fingerprint density at radius 1 is 1.07 bits per heavy atom. The summed E-state index contributed by atoms with van der Waals surface area (Å²) in [5.41, 5.74) is -0.878. The molecule has 1 heterocycles. The third-order valence-electron chi connectivity index (χ3n) is 4.47. The Hall–Kier alpha value is -2.90. The number of aromatic nitrogens is 2. The molecule has 28 heavy (non-hydrogen) atoms. The van der Waals surface area contributed by atoms with Crippen molar-refractivity contribution in [2.45, 2.75) is 52.6 Å². The first-order valence-corrected chi connectivity index (χ1v) is 9.38. The molecule has 152 valence electrons. The van der Waals surface area contributed by atoms with E-state index in [9.17, 15) is 24.3 Å². The Morgan fingerprint density at radius 2 is 1.68 bits per heavy atom. The van der Waals surface area contributed by atoms with Crippen LogP contribution in [0.3, 0.4) is 0 Å². The van der Waals surface area contributed by atoms with Crippen LogP contribution >= 0.6 is 0 Å². The van der Waals surface area contributed by atoms with E-state index in [1.165, 1.54) is 0 Å². The molecule has 0 bridgehead atoms. The van der Waals surface area contributed by atoms with Gasteiger partial charge in [0.15, 0.2) is 0 Å². The summed E-state index contributed by atoms with van der Waals surface area (Å²) in [6.07, 6.45) is 0.472. The number of aliphatic carboxylic acids is 1. The van der Waals surface area contributed by atoms with Gasteiger partial charge in [0.1, 0.15) is 12.1 Å². The molecule has 0 radical (unpaired) electrons. The van der Waals surface area contributed by atoms with Gasteiger partial charge in [-0.3, -0.25) is 9.59 Å². The third kappa shape index (κ3) is 4.88. The number of hydrogen-bond donors (Lipinski definition) is 3. The number of amides is 1. The smallest absolute Gasteiger partial charge is 0.329 e. The van der Waals surface area contributed by atoms with Gasteiger partial charge in [-0.1, -0.05) is 39.8 Å². The van der Waals surface area contributed by atoms with Gasteiger partial charge in [-0.2, -0.15) is 0 Å². The average molecular weight is 389 g/mol. The summed E-state index contributed by atoms with van der Waals surface area (Å²) < 4.78 is 0.895. The summed E-state index contributed by atoms with van der Waals surface area (Å²) in [4.78, 5) is 52.6. The van der Waals surface area contributed by atoms with Crippen LogP contribution in [0.2, 0.25) is 0 Å². The quantitative estimate of drug-likeness (QED) is 0.637. The molecule has 0 spiro atoms. The van der Waals surface area contributed by atoms with Crippen molar-refractivity contribution in [3.8, 4) is 0 Å². The number of carboxylic acids is 1. The fourth-order valence-corrected chi connectivity index (χ4v) is 3.20. The zero-order valence-corrected chi connectivity index (χ0v) is 16.6. The number of para-hydroxylation sites is 1. The number of carboxylic acid groups (broad SMARTS) is 1. The first kappa shape index (κ1) is 21.4. The first-order chi connectivity index (χ1) is 13.1. The molecule has 0 fully saturated rings. The van der Waals surface area contributed by atoms with Crippen LogP contribution in [-0.4, -0.2) is 32.6 Å². The zero-order chi connectivity index (χ0) is 21.0. The molecule has 0 saturated heterocycles. The largest absolute Gasteiger partial charge is 0.480 e. The maximum Gasteiger partial charge on any atom is 0.329 e. The summed E-state index contributed by atoms with van der Waals surface area (Å²) >= 11 is 0. The van der Waals surface area contributed by atoms with E-state index < -0.39 is 35.2 Å². The Morgan fingerprint density at radius 3 is 2.25 bits per heavy atom. The number of fused-ring (bicyclic) bond motifs is 1. The highest BCUT2D eigenvalue weighted by Crippen LogP contribution is 2.17. The first-order valence-electron chi connectivity index (χ1n) is 9.38. The number of carbonyl (C=O) groups is 2. The lowest BCUT2D eigenvalue weighted by molar-refractivity contribution is -0.142. The van der Waals surface area contributed by atoms with E-state index in [4.69, 9.17) is 0 Å². The molecule has 0 saturated carbocycles. The second-order valence-corrected chi connectivity index (χ2v) is 7.83. The molecule has 1 amide bonds. The van der Waals surface area contributed by atoms with Gasteiger partial charge in [0.25, 0.3) is 5.56 Å². The van der Waals surface area contributed by atoms with Crippen LogP contribution in [0.15, 0.2) is 33.9 Å². The van der Waals surface area contributed by atoms with Crippen molar-refractivity contribution >= 4 is 22.8 Å². The van der Waals surface area contributed by atoms with Crippen molar-refractivity contribution in [2.24, 2.45) is 11.8 Å². The van der Waals surface area contributed by atoms with Gasteiger partial charge in [0.2, 0.25) is 5.91 Å². The topological polar surface area (TPSA) is 121 Å². The van der Waals surface area contributed by atoms with E-state index in [2.05, 4.69) is 10.3 Å². The van der Waals surface area contributed by atoms with Crippen LogP contribution in [0.5, 0.6) is 0 Å². The lowest BCUT2D eigenvalue weighted by Crippen LogP contribution is -2.49. The summed E-state index contributed by atoms with van der Waals surface area (Å²) in [6, 6.07) is 4.37.